The van der Waals surface area contributed by atoms with Crippen molar-refractivity contribution in [1.29, 1.82) is 0 Å². The van der Waals surface area contributed by atoms with Crippen LogP contribution in [0.5, 0.6) is 5.75 Å². The van der Waals surface area contributed by atoms with Crippen LogP contribution in [0.4, 0.5) is 5.69 Å². The summed E-state index contributed by atoms with van der Waals surface area (Å²) < 4.78 is 5.46. The van der Waals surface area contributed by atoms with Gasteiger partial charge in [0.15, 0.2) is 17.1 Å². The maximum Gasteiger partial charge on any atom is 0.240 e. The van der Waals surface area contributed by atoms with Gasteiger partial charge in [-0.25, -0.2) is 4.90 Å². The Bertz CT molecular complexity index is 1150. The number of amides is 2. The minimum absolute atomic E-state index is 0.286. The molecule has 3 aliphatic heterocycles. The second-order valence-electron chi connectivity index (χ2n) is 8.82. The molecular weight excluding hydrogens is 408 g/mol. The molecule has 1 spiro atoms. The first-order chi connectivity index (χ1) is 15.5. The van der Waals surface area contributed by atoms with Crippen molar-refractivity contribution < 1.29 is 23.9 Å². The van der Waals surface area contributed by atoms with E-state index in [0.29, 0.717) is 42.1 Å². The summed E-state index contributed by atoms with van der Waals surface area (Å²) in [6, 6.07) is 13.2. The predicted molar refractivity (Wildman–Crippen MR) is 115 cm³/mol. The average Bonchev–Trinajstić information content (AvgIpc) is 3.50. The summed E-state index contributed by atoms with van der Waals surface area (Å²) >= 11 is 0. The van der Waals surface area contributed by atoms with E-state index in [1.165, 1.54) is 4.90 Å². The van der Waals surface area contributed by atoms with E-state index in [1.807, 2.05) is 11.8 Å². The molecule has 0 saturated carbocycles. The van der Waals surface area contributed by atoms with Crippen LogP contribution in [0.25, 0.3) is 0 Å². The van der Waals surface area contributed by atoms with Crippen molar-refractivity contribution in [3.63, 3.8) is 0 Å². The van der Waals surface area contributed by atoms with E-state index in [4.69, 9.17) is 4.74 Å². The van der Waals surface area contributed by atoms with E-state index in [0.717, 1.165) is 6.42 Å². The Hall–Kier alpha value is -3.32. The molecule has 0 aromatic heterocycles. The summed E-state index contributed by atoms with van der Waals surface area (Å²) in [4.78, 5) is 58.0. The molecule has 7 nitrogen and oxygen atoms in total. The highest BCUT2D eigenvalue weighted by atomic mass is 16.5. The maximum atomic E-state index is 13.8. The molecule has 2 amide bonds. The van der Waals surface area contributed by atoms with Crippen molar-refractivity contribution in [2.45, 2.75) is 31.3 Å². The largest absolute Gasteiger partial charge is 0.494 e. The quantitative estimate of drug-likeness (QED) is 0.550. The monoisotopic (exact) mass is 430 g/mol. The topological polar surface area (TPSA) is 84.0 Å². The number of ether oxygens (including phenoxy) is 1. The van der Waals surface area contributed by atoms with Crippen molar-refractivity contribution >= 4 is 29.1 Å². The van der Waals surface area contributed by atoms with Crippen LogP contribution in [0, 0.1) is 11.8 Å². The molecule has 4 aliphatic rings. The van der Waals surface area contributed by atoms with Gasteiger partial charge in [-0.15, -0.1) is 0 Å². The third kappa shape index (κ3) is 2.14. The number of carbonyl (C=O) groups is 4. The maximum absolute atomic E-state index is 13.8. The Balaban J connectivity index is 1.48. The lowest BCUT2D eigenvalue weighted by molar-refractivity contribution is -0.124. The molecule has 3 fully saturated rings. The number of hydrogen-bond acceptors (Lipinski definition) is 6. The van der Waals surface area contributed by atoms with Crippen LogP contribution in [-0.2, 0) is 9.59 Å². The Morgan fingerprint density at radius 1 is 0.938 bits per heavy atom. The van der Waals surface area contributed by atoms with E-state index in [9.17, 15) is 19.2 Å². The molecular formula is C25H22N2O5. The Morgan fingerprint density at radius 2 is 1.59 bits per heavy atom. The van der Waals surface area contributed by atoms with E-state index in [1.54, 1.807) is 48.5 Å². The van der Waals surface area contributed by atoms with E-state index in [2.05, 4.69) is 0 Å². The van der Waals surface area contributed by atoms with Gasteiger partial charge in [0.25, 0.3) is 0 Å². The number of carbonyl (C=O) groups excluding carboxylic acids is 4. The molecule has 0 radical (unpaired) electrons. The highest BCUT2D eigenvalue weighted by molar-refractivity contribution is 6.37. The first kappa shape index (κ1) is 19.4. The van der Waals surface area contributed by atoms with Crippen LogP contribution < -0.4 is 9.64 Å². The summed E-state index contributed by atoms with van der Waals surface area (Å²) in [7, 11) is 0. The third-order valence-corrected chi connectivity index (χ3v) is 7.48. The lowest BCUT2D eigenvalue weighted by atomic mass is 9.76. The number of imide groups is 1. The second kappa shape index (κ2) is 6.59. The van der Waals surface area contributed by atoms with Crippen molar-refractivity contribution in [2.75, 3.05) is 18.1 Å². The van der Waals surface area contributed by atoms with Crippen LogP contribution in [0.3, 0.4) is 0 Å². The number of Topliss-reactive ketones (excluding diaryl/α,β-unsaturated/α-hetero) is 2. The zero-order chi connectivity index (χ0) is 22.2. The van der Waals surface area contributed by atoms with Gasteiger partial charge in [0.2, 0.25) is 11.8 Å². The normalized spacial score (nSPS) is 27.9. The van der Waals surface area contributed by atoms with Gasteiger partial charge >= 0.3 is 0 Å². The molecule has 3 saturated heterocycles. The second-order valence-corrected chi connectivity index (χ2v) is 8.82. The predicted octanol–water partition coefficient (Wildman–Crippen LogP) is 2.49. The number of fused-ring (bicyclic) bond motifs is 6. The van der Waals surface area contributed by atoms with Crippen LogP contribution >= 0.6 is 0 Å². The van der Waals surface area contributed by atoms with Crippen LogP contribution in [0.1, 0.15) is 40.5 Å². The highest BCUT2D eigenvalue weighted by Crippen LogP contribution is 2.57. The van der Waals surface area contributed by atoms with Gasteiger partial charge in [0, 0.05) is 17.2 Å². The standard InChI is InChI=1S/C25H22N2O5/c1-2-32-15-11-9-14(10-12-15)27-23(30)19-18-8-5-13-26(18)25(20(19)24(27)31)21(28)16-6-3-4-7-17(16)22(25)29/h3-4,6-7,9-12,18-20H,2,5,8,13H2,1H3/t18-,19-,20+/m1/s1. The van der Waals surface area contributed by atoms with E-state index in [-0.39, 0.29) is 23.5 Å². The first-order valence-electron chi connectivity index (χ1n) is 11.1. The van der Waals surface area contributed by atoms with Gasteiger partial charge < -0.3 is 4.74 Å². The number of rotatable bonds is 3. The number of anilines is 1. The van der Waals surface area contributed by atoms with Gasteiger partial charge in [-0.3, -0.25) is 24.1 Å². The number of nitrogens with zero attached hydrogens (tertiary/aromatic N) is 2. The molecule has 3 heterocycles. The Labute approximate surface area is 184 Å². The lowest BCUT2D eigenvalue weighted by Crippen LogP contribution is -2.59. The molecule has 6 rings (SSSR count). The Morgan fingerprint density at radius 3 is 2.22 bits per heavy atom. The van der Waals surface area contributed by atoms with Crippen LogP contribution in [0.15, 0.2) is 48.5 Å². The minimum Gasteiger partial charge on any atom is -0.494 e. The van der Waals surface area contributed by atoms with Crippen molar-refractivity contribution in [2.24, 2.45) is 11.8 Å². The van der Waals surface area contributed by atoms with Crippen molar-refractivity contribution in [3.8, 4) is 5.75 Å². The Kier molecular flexibility index (Phi) is 3.99. The molecule has 0 N–H and O–H groups in total. The summed E-state index contributed by atoms with van der Waals surface area (Å²) in [6.45, 7) is 2.92. The summed E-state index contributed by atoms with van der Waals surface area (Å²) in [6.07, 6.45) is 1.48. The van der Waals surface area contributed by atoms with Gasteiger partial charge in [0.1, 0.15) is 5.75 Å². The molecule has 2 aromatic carbocycles. The van der Waals surface area contributed by atoms with Gasteiger partial charge in [0.05, 0.1) is 24.1 Å². The minimum atomic E-state index is -1.61. The summed E-state index contributed by atoms with van der Waals surface area (Å²) in [5.74, 6) is -2.52. The van der Waals surface area contributed by atoms with Gasteiger partial charge in [-0.2, -0.15) is 0 Å². The van der Waals surface area contributed by atoms with Gasteiger partial charge in [-0.05, 0) is 50.6 Å². The highest BCUT2D eigenvalue weighted by Gasteiger charge is 2.76. The number of benzene rings is 2. The average molecular weight is 430 g/mol. The third-order valence-electron chi connectivity index (χ3n) is 7.48. The summed E-state index contributed by atoms with van der Waals surface area (Å²) in [5.41, 5.74) is -0.470. The van der Waals surface area contributed by atoms with E-state index >= 15 is 0 Å². The van der Waals surface area contributed by atoms with Crippen LogP contribution in [-0.4, -0.2) is 53.0 Å². The molecule has 0 bridgehead atoms. The molecule has 2 aromatic rings. The van der Waals surface area contributed by atoms with Crippen molar-refractivity contribution in [1.82, 2.24) is 4.90 Å². The smallest absolute Gasteiger partial charge is 0.240 e. The summed E-state index contributed by atoms with van der Waals surface area (Å²) in [5, 5.41) is 0. The molecule has 1 aliphatic carbocycles. The molecule has 3 atom stereocenters. The molecule has 162 valence electrons. The SMILES string of the molecule is CCOc1ccc(N2C(=O)[C@@H]3[C@H]4CCCN4C4(C(=O)c5ccccc5C4=O)[C@@H]3C2=O)cc1. The zero-order valence-corrected chi connectivity index (χ0v) is 17.6. The van der Waals surface area contributed by atoms with Gasteiger partial charge in [-0.1, -0.05) is 24.3 Å². The first-order valence-corrected chi connectivity index (χ1v) is 11.1. The fourth-order valence-corrected chi connectivity index (χ4v) is 6.35. The molecule has 0 unspecified atom stereocenters. The fourth-order valence-electron chi connectivity index (χ4n) is 6.35. The lowest BCUT2D eigenvalue weighted by Gasteiger charge is -2.35. The zero-order valence-electron chi connectivity index (χ0n) is 17.6. The molecule has 32 heavy (non-hydrogen) atoms. The van der Waals surface area contributed by atoms with Crippen molar-refractivity contribution in [3.05, 3.63) is 59.7 Å². The fraction of sp³-hybridized carbons (Fsp3) is 0.360. The number of ketones is 2. The van der Waals surface area contributed by atoms with E-state index < -0.39 is 23.3 Å². The number of hydrogen-bond donors (Lipinski definition) is 0. The van der Waals surface area contributed by atoms with Crippen LogP contribution in [0.2, 0.25) is 0 Å². The molecule has 7 heteroatoms.